The van der Waals surface area contributed by atoms with Crippen LogP contribution < -0.4 is 0 Å². The number of unbranched alkanes of at least 4 members (excludes halogenated alkanes) is 7. The van der Waals surface area contributed by atoms with Gasteiger partial charge in [-0.2, -0.15) is 0 Å². The minimum absolute atomic E-state index is 0.284. The monoisotopic (exact) mass is 406 g/mol. The van der Waals surface area contributed by atoms with Crippen LogP contribution in [-0.4, -0.2) is 52.1 Å². The Morgan fingerprint density at radius 2 is 0.821 bits per heavy atom. The Bertz CT molecular complexity index is 421. The molecule has 0 aromatic rings. The zero-order valence-electron chi connectivity index (χ0n) is 16.6. The van der Waals surface area contributed by atoms with Crippen LogP contribution in [-0.2, 0) is 38.0 Å². The summed E-state index contributed by atoms with van der Waals surface area (Å²) in [6, 6.07) is 0. The molecule has 0 aliphatic heterocycles. The second kappa shape index (κ2) is 17.9. The van der Waals surface area contributed by atoms with E-state index in [1.165, 1.54) is 14.2 Å². The van der Waals surface area contributed by atoms with Crippen LogP contribution in [0.2, 0.25) is 0 Å². The third kappa shape index (κ3) is 16.9. The van der Waals surface area contributed by atoms with Gasteiger partial charge in [0.1, 0.15) is 0 Å². The molecule has 0 saturated heterocycles. The van der Waals surface area contributed by atoms with Crippen LogP contribution in [0.15, 0.2) is 0 Å². The van der Waals surface area contributed by atoms with Gasteiger partial charge in [0, 0.05) is 12.8 Å². The molecule has 0 heterocycles. The van der Waals surface area contributed by atoms with Crippen molar-refractivity contribution in [3.63, 3.8) is 0 Å². The molecule has 0 aromatic carbocycles. The Labute approximate surface area is 164 Å². The number of hydrogen-bond donors (Lipinski definition) is 0. The molecule has 0 spiro atoms. The first-order valence-electron chi connectivity index (χ1n) is 9.22. The number of carbonyl (C=O) groups is 4. The predicted molar refractivity (Wildman–Crippen MR) is 95.1 cm³/mol. The Morgan fingerprint density at radius 3 is 1.14 bits per heavy atom. The van der Waals surface area contributed by atoms with Crippen LogP contribution in [0.1, 0.15) is 64.2 Å². The Kier molecular flexibility index (Phi) is 16.3. The van der Waals surface area contributed by atoms with Crippen molar-refractivity contribution < 1.29 is 47.6 Å². The number of rotatable bonds is 15. The highest BCUT2D eigenvalue weighted by Crippen LogP contribution is 2.11. The summed E-state index contributed by atoms with van der Waals surface area (Å²) in [6.07, 6.45) is 6.19. The molecule has 0 saturated carbocycles. The van der Waals surface area contributed by atoms with Gasteiger partial charge in [-0.25, -0.2) is 9.59 Å². The average molecular weight is 406 g/mol. The summed E-state index contributed by atoms with van der Waals surface area (Å²) in [4.78, 5) is 44.0. The van der Waals surface area contributed by atoms with Crippen molar-refractivity contribution >= 4 is 24.2 Å². The van der Waals surface area contributed by atoms with Crippen molar-refractivity contribution in [1.82, 2.24) is 0 Å². The van der Waals surface area contributed by atoms with Crippen molar-refractivity contribution in [2.75, 3.05) is 27.8 Å². The first-order chi connectivity index (χ1) is 13.5. The summed E-state index contributed by atoms with van der Waals surface area (Å²) < 4.78 is 26.8. The lowest BCUT2D eigenvalue weighted by molar-refractivity contribution is -0.154. The van der Waals surface area contributed by atoms with Crippen LogP contribution in [0.3, 0.4) is 0 Å². The second-order valence-corrected chi connectivity index (χ2v) is 5.79. The molecule has 0 radical (unpaired) electrons. The molecule has 0 aliphatic carbocycles. The SMILES string of the molecule is COC(=O)OCOC(=O)CCCCCCCCCCC(=O)OCOC(=O)OC. The molecule has 0 N–H and O–H groups in total. The topological polar surface area (TPSA) is 124 Å². The lowest BCUT2D eigenvalue weighted by Crippen LogP contribution is -2.12. The maximum absolute atomic E-state index is 11.4. The van der Waals surface area contributed by atoms with Gasteiger partial charge in [-0.15, -0.1) is 0 Å². The minimum atomic E-state index is -0.891. The van der Waals surface area contributed by atoms with E-state index in [-0.39, 0.29) is 12.8 Å². The smallest absolute Gasteiger partial charge is 0.438 e. The normalized spacial score (nSPS) is 9.93. The highest BCUT2D eigenvalue weighted by Gasteiger charge is 2.06. The van der Waals surface area contributed by atoms with E-state index in [0.717, 1.165) is 51.4 Å². The van der Waals surface area contributed by atoms with E-state index in [2.05, 4.69) is 18.9 Å². The van der Waals surface area contributed by atoms with E-state index in [1.807, 2.05) is 0 Å². The van der Waals surface area contributed by atoms with E-state index in [9.17, 15) is 19.2 Å². The van der Waals surface area contributed by atoms with Crippen LogP contribution >= 0.6 is 0 Å². The van der Waals surface area contributed by atoms with E-state index >= 15 is 0 Å². The van der Waals surface area contributed by atoms with E-state index in [1.54, 1.807) is 0 Å². The van der Waals surface area contributed by atoms with Crippen molar-refractivity contribution in [2.24, 2.45) is 0 Å². The molecule has 10 nitrogen and oxygen atoms in total. The fourth-order valence-corrected chi connectivity index (χ4v) is 2.15. The highest BCUT2D eigenvalue weighted by molar-refractivity contribution is 5.69. The summed E-state index contributed by atoms with van der Waals surface area (Å²) in [5.74, 6) is -0.819. The average Bonchev–Trinajstić information content (AvgIpc) is 2.68. The van der Waals surface area contributed by atoms with Crippen LogP contribution in [0, 0.1) is 0 Å². The quantitative estimate of drug-likeness (QED) is 0.173. The van der Waals surface area contributed by atoms with Crippen LogP contribution in [0.25, 0.3) is 0 Å². The molecule has 0 amide bonds. The van der Waals surface area contributed by atoms with Crippen molar-refractivity contribution in [2.45, 2.75) is 64.2 Å². The first kappa shape index (κ1) is 25.5. The van der Waals surface area contributed by atoms with Gasteiger partial charge in [0.05, 0.1) is 14.2 Å². The maximum atomic E-state index is 11.4. The van der Waals surface area contributed by atoms with Gasteiger partial charge in [0.25, 0.3) is 0 Å². The lowest BCUT2D eigenvalue weighted by Gasteiger charge is -2.06. The van der Waals surface area contributed by atoms with Gasteiger partial charge >= 0.3 is 24.2 Å². The number of ether oxygens (including phenoxy) is 6. The van der Waals surface area contributed by atoms with Crippen LogP contribution in [0.4, 0.5) is 9.59 Å². The number of methoxy groups -OCH3 is 2. The number of carbonyl (C=O) groups excluding carboxylic acids is 4. The van der Waals surface area contributed by atoms with E-state index in [4.69, 9.17) is 9.47 Å². The van der Waals surface area contributed by atoms with Gasteiger partial charge in [-0.05, 0) is 12.8 Å². The lowest BCUT2D eigenvalue weighted by atomic mass is 10.1. The van der Waals surface area contributed by atoms with Gasteiger partial charge in [0.15, 0.2) is 0 Å². The molecule has 10 heteroatoms. The second-order valence-electron chi connectivity index (χ2n) is 5.79. The standard InChI is InChI=1S/C18H30O10/c1-23-17(21)27-13-25-15(19)11-9-7-5-3-4-6-8-10-12-16(20)26-14-28-18(22)24-2/h3-14H2,1-2H3. The van der Waals surface area contributed by atoms with Crippen molar-refractivity contribution in [3.8, 4) is 0 Å². The zero-order chi connectivity index (χ0) is 21.0. The molecule has 0 bridgehead atoms. The number of hydrogen-bond acceptors (Lipinski definition) is 10. The summed E-state index contributed by atoms with van der Waals surface area (Å²) in [5, 5.41) is 0. The van der Waals surface area contributed by atoms with Crippen LogP contribution in [0.5, 0.6) is 0 Å². The van der Waals surface area contributed by atoms with E-state index < -0.39 is 37.8 Å². The third-order valence-electron chi connectivity index (χ3n) is 3.64. The highest BCUT2D eigenvalue weighted by atomic mass is 16.8. The molecule has 28 heavy (non-hydrogen) atoms. The molecule has 0 unspecified atom stereocenters. The molecule has 0 aliphatic rings. The number of esters is 2. The minimum Gasteiger partial charge on any atom is -0.438 e. The summed E-state index contributed by atoms with van der Waals surface area (Å²) in [7, 11) is 2.34. The fourth-order valence-electron chi connectivity index (χ4n) is 2.15. The molecule has 0 atom stereocenters. The first-order valence-corrected chi connectivity index (χ1v) is 9.22. The Hall–Kier alpha value is -2.52. The van der Waals surface area contributed by atoms with Crippen molar-refractivity contribution in [1.29, 1.82) is 0 Å². The maximum Gasteiger partial charge on any atom is 0.510 e. The van der Waals surface area contributed by atoms with Gasteiger partial charge in [0.2, 0.25) is 13.6 Å². The predicted octanol–water partition coefficient (Wildman–Crippen LogP) is 3.45. The molecule has 0 rings (SSSR count). The fraction of sp³-hybridized carbons (Fsp3) is 0.778. The van der Waals surface area contributed by atoms with Gasteiger partial charge < -0.3 is 28.4 Å². The third-order valence-corrected chi connectivity index (χ3v) is 3.64. The molecular weight excluding hydrogens is 376 g/mol. The van der Waals surface area contributed by atoms with E-state index in [0.29, 0.717) is 0 Å². The molecule has 0 aromatic heterocycles. The molecular formula is C18H30O10. The Balaban J connectivity index is 3.33. The Morgan fingerprint density at radius 1 is 0.500 bits per heavy atom. The largest absolute Gasteiger partial charge is 0.510 e. The van der Waals surface area contributed by atoms with Gasteiger partial charge in [-0.3, -0.25) is 9.59 Å². The van der Waals surface area contributed by atoms with Crippen molar-refractivity contribution in [3.05, 3.63) is 0 Å². The zero-order valence-corrected chi connectivity index (χ0v) is 16.6. The summed E-state index contributed by atoms with van der Waals surface area (Å²) in [6.45, 7) is -0.866. The summed E-state index contributed by atoms with van der Waals surface area (Å²) >= 11 is 0. The molecule has 0 fully saturated rings. The molecule has 162 valence electrons. The summed E-state index contributed by atoms with van der Waals surface area (Å²) in [5.41, 5.74) is 0. The van der Waals surface area contributed by atoms with Gasteiger partial charge in [-0.1, -0.05) is 38.5 Å².